The summed E-state index contributed by atoms with van der Waals surface area (Å²) in [7, 11) is 1.89. The first-order valence-corrected chi connectivity index (χ1v) is 10.9. The molecule has 4 rings (SSSR count). The molecule has 168 valence electrons. The molecule has 4 heterocycles. The second kappa shape index (κ2) is 10.0. The number of pyridine rings is 2. The van der Waals surface area contributed by atoms with Crippen LogP contribution in [0.2, 0.25) is 0 Å². The second-order valence-electron chi connectivity index (χ2n) is 7.78. The van der Waals surface area contributed by atoms with Crippen molar-refractivity contribution in [1.29, 1.82) is 0 Å². The maximum absolute atomic E-state index is 13.1. The molecule has 0 saturated carbocycles. The predicted octanol–water partition coefficient (Wildman–Crippen LogP) is 4.10. The molecule has 1 aliphatic heterocycles. The number of nitrogens with zero attached hydrogens (tertiary/aromatic N) is 6. The van der Waals surface area contributed by atoms with Gasteiger partial charge in [0.1, 0.15) is 6.04 Å². The fourth-order valence-electron chi connectivity index (χ4n) is 4.02. The molecule has 1 saturated heterocycles. The molecule has 1 N–H and O–H groups in total. The average Bonchev–Trinajstić information content (AvgIpc) is 3.49. The van der Waals surface area contributed by atoms with Gasteiger partial charge in [0.15, 0.2) is 0 Å². The molecule has 3 aromatic heterocycles. The van der Waals surface area contributed by atoms with Gasteiger partial charge < -0.3 is 10.2 Å². The van der Waals surface area contributed by atoms with E-state index in [-0.39, 0.29) is 11.9 Å². The summed E-state index contributed by atoms with van der Waals surface area (Å²) in [5.74, 6) is -0.0465. The number of allylic oxidation sites excluding steroid dienone is 3. The van der Waals surface area contributed by atoms with Crippen molar-refractivity contribution in [2.45, 2.75) is 25.8 Å². The van der Waals surface area contributed by atoms with Crippen LogP contribution in [-0.4, -0.2) is 45.0 Å². The van der Waals surface area contributed by atoms with Gasteiger partial charge in [-0.1, -0.05) is 12.2 Å². The summed E-state index contributed by atoms with van der Waals surface area (Å²) in [5.41, 5.74) is 5.01. The van der Waals surface area contributed by atoms with Crippen molar-refractivity contribution >= 4 is 29.6 Å². The van der Waals surface area contributed by atoms with Gasteiger partial charge in [0.2, 0.25) is 5.91 Å². The van der Waals surface area contributed by atoms with E-state index in [1.54, 1.807) is 23.3 Å². The van der Waals surface area contributed by atoms with E-state index in [2.05, 4.69) is 37.0 Å². The Bertz CT molecular complexity index is 1180. The zero-order valence-electron chi connectivity index (χ0n) is 18.8. The predicted molar refractivity (Wildman–Crippen MR) is 132 cm³/mol. The van der Waals surface area contributed by atoms with Crippen LogP contribution in [0.25, 0.3) is 17.0 Å². The Hall–Kier alpha value is -4.07. The molecule has 8 nitrogen and oxygen atoms in total. The van der Waals surface area contributed by atoms with E-state index in [9.17, 15) is 4.79 Å². The van der Waals surface area contributed by atoms with Gasteiger partial charge in [-0.3, -0.25) is 24.4 Å². The molecular formula is C25H27N7O. The van der Waals surface area contributed by atoms with Crippen LogP contribution in [0.4, 0.5) is 11.4 Å². The van der Waals surface area contributed by atoms with E-state index >= 15 is 0 Å². The Morgan fingerprint density at radius 1 is 1.21 bits per heavy atom. The van der Waals surface area contributed by atoms with Crippen molar-refractivity contribution in [2.24, 2.45) is 12.0 Å². The first-order valence-electron chi connectivity index (χ1n) is 10.9. The molecule has 1 unspecified atom stereocenters. The monoisotopic (exact) mass is 441 g/mol. The standard InChI is InChI=1S/C25H27N7O/c1-4-6-18(15-26-2)21-10-8-19(16-27-21)30-25(33)24-7-5-14-32(24)20-9-11-22(28-17-20)23-12-13-29-31(23)3/h4,6,8-13,15-17,24H,2,5,7,14H2,1,3H3,(H,30,33). The number of carbonyl (C=O) groups is 1. The van der Waals surface area contributed by atoms with Gasteiger partial charge in [0.25, 0.3) is 0 Å². The first-order chi connectivity index (χ1) is 16.1. The molecule has 0 aromatic carbocycles. The number of nitrogens with one attached hydrogen (secondary N) is 1. The normalized spacial score (nSPS) is 16.4. The molecule has 3 aromatic rings. The maximum Gasteiger partial charge on any atom is 0.247 e. The summed E-state index contributed by atoms with van der Waals surface area (Å²) in [4.78, 5) is 28.1. The van der Waals surface area contributed by atoms with Crippen molar-refractivity contribution in [1.82, 2.24) is 19.7 Å². The number of amides is 1. The third kappa shape index (κ3) is 4.90. The zero-order valence-corrected chi connectivity index (χ0v) is 18.8. The highest BCUT2D eigenvalue weighted by molar-refractivity contribution is 5.97. The van der Waals surface area contributed by atoms with Gasteiger partial charge in [-0.25, -0.2) is 0 Å². The lowest BCUT2D eigenvalue weighted by Crippen LogP contribution is -2.39. The lowest BCUT2D eigenvalue weighted by molar-refractivity contribution is -0.117. The molecule has 0 radical (unpaired) electrons. The smallest absolute Gasteiger partial charge is 0.247 e. The van der Waals surface area contributed by atoms with Gasteiger partial charge in [0, 0.05) is 31.6 Å². The largest absolute Gasteiger partial charge is 0.358 e. The molecule has 33 heavy (non-hydrogen) atoms. The number of aromatic nitrogens is 4. The van der Waals surface area contributed by atoms with E-state index < -0.39 is 0 Å². The molecule has 0 aliphatic carbocycles. The van der Waals surface area contributed by atoms with Crippen molar-refractivity contribution in [3.05, 3.63) is 73.0 Å². The molecule has 1 fully saturated rings. The number of hydrogen-bond acceptors (Lipinski definition) is 6. The van der Waals surface area contributed by atoms with Crippen molar-refractivity contribution < 1.29 is 4.79 Å². The summed E-state index contributed by atoms with van der Waals surface area (Å²) in [6.45, 7) is 6.25. The minimum absolute atomic E-state index is 0.0465. The molecule has 0 bridgehead atoms. The SMILES string of the molecule is C=NC=C(C=CC)c1ccc(NC(=O)C2CCCN2c2ccc(-c3ccnn3C)nc2)cn1. The summed E-state index contributed by atoms with van der Waals surface area (Å²) >= 11 is 0. The minimum Gasteiger partial charge on any atom is -0.358 e. The number of carbonyl (C=O) groups excluding carboxylic acids is 1. The van der Waals surface area contributed by atoms with Gasteiger partial charge >= 0.3 is 0 Å². The molecular weight excluding hydrogens is 414 g/mol. The van der Waals surface area contributed by atoms with Crippen LogP contribution >= 0.6 is 0 Å². The fourth-order valence-corrected chi connectivity index (χ4v) is 4.02. The van der Waals surface area contributed by atoms with Crippen LogP contribution < -0.4 is 10.2 Å². The first kappa shape index (κ1) is 22.1. The number of rotatable bonds is 7. The number of anilines is 2. The summed E-state index contributed by atoms with van der Waals surface area (Å²) in [6.07, 6.45) is 12.5. The number of aryl methyl sites for hydroxylation is 1. The van der Waals surface area contributed by atoms with Crippen LogP contribution in [0.5, 0.6) is 0 Å². The molecule has 1 atom stereocenters. The number of aliphatic imine (C=N–C) groups is 1. The van der Waals surface area contributed by atoms with E-state index in [1.807, 2.05) is 62.7 Å². The van der Waals surface area contributed by atoms with E-state index in [0.717, 1.165) is 47.7 Å². The second-order valence-corrected chi connectivity index (χ2v) is 7.78. The Balaban J connectivity index is 1.45. The van der Waals surface area contributed by atoms with Crippen LogP contribution in [0.1, 0.15) is 25.5 Å². The molecule has 1 amide bonds. The summed E-state index contributed by atoms with van der Waals surface area (Å²) < 4.78 is 1.79. The van der Waals surface area contributed by atoms with Gasteiger partial charge in [-0.15, -0.1) is 0 Å². The fraction of sp³-hybridized carbons (Fsp3) is 0.240. The van der Waals surface area contributed by atoms with E-state index in [1.165, 1.54) is 0 Å². The van der Waals surface area contributed by atoms with Gasteiger partial charge in [-0.05, 0) is 56.8 Å². The highest BCUT2D eigenvalue weighted by atomic mass is 16.2. The third-order valence-electron chi connectivity index (χ3n) is 5.62. The highest BCUT2D eigenvalue weighted by Crippen LogP contribution is 2.28. The lowest BCUT2D eigenvalue weighted by Gasteiger charge is -2.25. The quantitative estimate of drug-likeness (QED) is 0.440. The average molecular weight is 442 g/mol. The molecule has 1 aliphatic rings. The minimum atomic E-state index is -0.252. The van der Waals surface area contributed by atoms with Crippen molar-refractivity contribution in [2.75, 3.05) is 16.8 Å². The summed E-state index contributed by atoms with van der Waals surface area (Å²) in [6, 6.07) is 9.37. The van der Waals surface area contributed by atoms with Gasteiger partial charge in [-0.2, -0.15) is 5.10 Å². The van der Waals surface area contributed by atoms with Crippen LogP contribution in [0, 0.1) is 0 Å². The van der Waals surface area contributed by atoms with E-state index in [4.69, 9.17) is 0 Å². The highest BCUT2D eigenvalue weighted by Gasteiger charge is 2.31. The number of hydrogen-bond donors (Lipinski definition) is 1. The Kier molecular flexibility index (Phi) is 6.73. The van der Waals surface area contributed by atoms with Crippen molar-refractivity contribution in [3.63, 3.8) is 0 Å². The molecule has 8 heteroatoms. The third-order valence-corrected chi connectivity index (χ3v) is 5.62. The van der Waals surface area contributed by atoms with Crippen molar-refractivity contribution in [3.8, 4) is 11.4 Å². The Morgan fingerprint density at radius 2 is 2.09 bits per heavy atom. The maximum atomic E-state index is 13.1. The summed E-state index contributed by atoms with van der Waals surface area (Å²) in [5, 5.41) is 7.20. The van der Waals surface area contributed by atoms with E-state index in [0.29, 0.717) is 5.69 Å². The van der Waals surface area contributed by atoms with Gasteiger partial charge in [0.05, 0.1) is 40.9 Å². The van der Waals surface area contributed by atoms with Crippen LogP contribution in [0.3, 0.4) is 0 Å². The Labute approximate surface area is 193 Å². The topological polar surface area (TPSA) is 88.3 Å². The zero-order chi connectivity index (χ0) is 23.2. The Morgan fingerprint density at radius 3 is 2.73 bits per heavy atom. The lowest BCUT2D eigenvalue weighted by atomic mass is 10.1. The molecule has 0 spiro atoms. The van der Waals surface area contributed by atoms with Crippen LogP contribution in [0.15, 0.2) is 72.3 Å². The van der Waals surface area contributed by atoms with Crippen LogP contribution in [-0.2, 0) is 11.8 Å².